The lowest BCUT2D eigenvalue weighted by molar-refractivity contribution is -0.394. The first-order valence-corrected chi connectivity index (χ1v) is 9.54. The minimum absolute atomic E-state index is 0.248. The third-order valence-electron chi connectivity index (χ3n) is 5.40. The zero-order valence-electron chi connectivity index (χ0n) is 16.8. The van der Waals surface area contributed by atoms with Gasteiger partial charge in [0.2, 0.25) is 0 Å². The number of carbonyl (C=O) groups is 1. The van der Waals surface area contributed by atoms with Crippen LogP contribution in [0.3, 0.4) is 0 Å². The van der Waals surface area contributed by atoms with Crippen LogP contribution >= 0.6 is 0 Å². The molecule has 8 heteroatoms. The summed E-state index contributed by atoms with van der Waals surface area (Å²) in [7, 11) is 0. The van der Waals surface area contributed by atoms with E-state index in [4.69, 9.17) is 4.74 Å². The average molecular weight is 418 g/mol. The van der Waals surface area contributed by atoms with Crippen LogP contribution in [-0.4, -0.2) is 15.8 Å². The monoisotopic (exact) mass is 418 g/mol. The summed E-state index contributed by atoms with van der Waals surface area (Å²) in [5.41, 5.74) is 3.03. The maximum atomic E-state index is 12.7. The Hall–Kier alpha value is -4.07. The largest absolute Gasteiger partial charge is 0.451 e. The molecule has 0 bridgehead atoms. The van der Waals surface area contributed by atoms with E-state index in [1.165, 1.54) is 11.1 Å². The van der Waals surface area contributed by atoms with Gasteiger partial charge in [-0.25, -0.2) is 4.79 Å². The van der Waals surface area contributed by atoms with E-state index in [9.17, 15) is 25.0 Å². The summed E-state index contributed by atoms with van der Waals surface area (Å²) >= 11 is 0. The molecule has 0 heterocycles. The number of esters is 1. The van der Waals surface area contributed by atoms with Crippen molar-refractivity contribution < 1.29 is 19.4 Å². The van der Waals surface area contributed by atoms with E-state index in [1.807, 2.05) is 30.3 Å². The number of ether oxygens (including phenoxy) is 1. The summed E-state index contributed by atoms with van der Waals surface area (Å²) < 4.78 is 5.63. The maximum Gasteiger partial charge on any atom is 0.339 e. The Bertz CT molecular complexity index is 1220. The third kappa shape index (κ3) is 3.75. The van der Waals surface area contributed by atoms with Gasteiger partial charge in [0.1, 0.15) is 5.60 Å². The molecule has 3 aromatic carbocycles. The zero-order chi connectivity index (χ0) is 22.3. The van der Waals surface area contributed by atoms with Gasteiger partial charge >= 0.3 is 5.97 Å². The molecule has 0 atom stereocenters. The van der Waals surface area contributed by atoms with Crippen molar-refractivity contribution >= 4 is 17.3 Å². The van der Waals surface area contributed by atoms with Crippen LogP contribution in [0.5, 0.6) is 0 Å². The molecular formula is C23H18N2O6. The third-order valence-corrected chi connectivity index (χ3v) is 5.40. The molecule has 1 aliphatic rings. The van der Waals surface area contributed by atoms with E-state index in [-0.39, 0.29) is 5.56 Å². The highest BCUT2D eigenvalue weighted by Crippen LogP contribution is 2.39. The Morgan fingerprint density at radius 3 is 2.13 bits per heavy atom. The van der Waals surface area contributed by atoms with Crippen LogP contribution in [-0.2, 0) is 16.8 Å². The van der Waals surface area contributed by atoms with E-state index < -0.39 is 32.8 Å². The second kappa shape index (κ2) is 7.32. The van der Waals surface area contributed by atoms with E-state index in [1.54, 1.807) is 13.8 Å². The van der Waals surface area contributed by atoms with Crippen LogP contribution in [0.25, 0.3) is 11.1 Å². The predicted molar refractivity (Wildman–Crippen MR) is 113 cm³/mol. The first-order valence-electron chi connectivity index (χ1n) is 9.54. The number of rotatable bonds is 5. The van der Waals surface area contributed by atoms with Gasteiger partial charge in [-0.1, -0.05) is 42.5 Å². The van der Waals surface area contributed by atoms with Gasteiger partial charge in [-0.05, 0) is 48.1 Å². The van der Waals surface area contributed by atoms with Crippen LogP contribution in [0, 0.1) is 20.2 Å². The first kappa shape index (κ1) is 20.2. The lowest BCUT2D eigenvalue weighted by Gasteiger charge is -2.26. The van der Waals surface area contributed by atoms with Crippen molar-refractivity contribution in [1.29, 1.82) is 0 Å². The number of hydrogen-bond acceptors (Lipinski definition) is 6. The fourth-order valence-electron chi connectivity index (χ4n) is 3.79. The molecule has 0 N–H and O–H groups in total. The maximum absolute atomic E-state index is 12.7. The van der Waals surface area contributed by atoms with E-state index in [2.05, 4.69) is 12.1 Å². The van der Waals surface area contributed by atoms with Gasteiger partial charge in [0.05, 0.1) is 21.5 Å². The molecule has 0 aromatic heterocycles. The van der Waals surface area contributed by atoms with Crippen molar-refractivity contribution in [1.82, 2.24) is 0 Å². The Morgan fingerprint density at radius 1 is 0.871 bits per heavy atom. The van der Waals surface area contributed by atoms with Crippen LogP contribution in [0.1, 0.15) is 40.9 Å². The minimum atomic E-state index is -1.06. The quantitative estimate of drug-likeness (QED) is 0.251. The molecule has 3 aromatic rings. The van der Waals surface area contributed by atoms with Crippen LogP contribution < -0.4 is 0 Å². The van der Waals surface area contributed by atoms with E-state index in [0.717, 1.165) is 41.3 Å². The topological polar surface area (TPSA) is 113 Å². The van der Waals surface area contributed by atoms with Crippen molar-refractivity contribution in [3.8, 4) is 11.1 Å². The van der Waals surface area contributed by atoms with Gasteiger partial charge in [-0.3, -0.25) is 20.2 Å². The summed E-state index contributed by atoms with van der Waals surface area (Å²) in [6.07, 6.45) is 0.778. The molecule has 156 valence electrons. The van der Waals surface area contributed by atoms with Crippen molar-refractivity contribution in [2.24, 2.45) is 0 Å². The number of fused-ring (bicyclic) bond motifs is 3. The molecule has 0 fully saturated rings. The summed E-state index contributed by atoms with van der Waals surface area (Å²) in [5.74, 6) is -0.874. The molecule has 0 saturated heterocycles. The van der Waals surface area contributed by atoms with Crippen LogP contribution in [0.15, 0.2) is 60.7 Å². The van der Waals surface area contributed by atoms with Gasteiger partial charge in [-0.15, -0.1) is 0 Å². The number of benzene rings is 3. The summed E-state index contributed by atoms with van der Waals surface area (Å²) in [6, 6.07) is 16.8. The normalized spacial score (nSPS) is 12.1. The number of nitrogens with zero attached hydrogens (tertiary/aromatic N) is 2. The molecule has 4 rings (SSSR count). The average Bonchev–Trinajstić information content (AvgIpc) is 3.11. The first-order chi connectivity index (χ1) is 14.7. The minimum Gasteiger partial charge on any atom is -0.451 e. The predicted octanol–water partition coefficient (Wildman–Crippen LogP) is 5.17. The van der Waals surface area contributed by atoms with Gasteiger partial charge in [-0.2, -0.15) is 0 Å². The van der Waals surface area contributed by atoms with Gasteiger partial charge in [0, 0.05) is 12.1 Å². The van der Waals surface area contributed by atoms with Crippen molar-refractivity contribution in [2.45, 2.75) is 25.9 Å². The van der Waals surface area contributed by atoms with Crippen LogP contribution in [0.4, 0.5) is 11.4 Å². The second-order valence-electron chi connectivity index (χ2n) is 7.86. The highest BCUT2D eigenvalue weighted by atomic mass is 16.6. The Balaban J connectivity index is 1.62. The number of hydrogen-bond donors (Lipinski definition) is 0. The molecule has 31 heavy (non-hydrogen) atoms. The molecule has 0 radical (unpaired) electrons. The molecular weight excluding hydrogens is 400 g/mol. The van der Waals surface area contributed by atoms with Gasteiger partial charge in [0.15, 0.2) is 0 Å². The molecule has 0 amide bonds. The van der Waals surface area contributed by atoms with Crippen molar-refractivity contribution in [2.75, 3.05) is 0 Å². The SMILES string of the molecule is CC(C)(OC(=O)c1cc([N+](=O)[O-])cc([N+](=O)[O-])c1)c1ccc2c(c1)Cc1ccccc1-2. The Morgan fingerprint density at radius 2 is 1.48 bits per heavy atom. The summed E-state index contributed by atoms with van der Waals surface area (Å²) in [4.78, 5) is 33.3. The summed E-state index contributed by atoms with van der Waals surface area (Å²) in [6.45, 7) is 3.42. The van der Waals surface area contributed by atoms with Gasteiger partial charge in [0.25, 0.3) is 11.4 Å². The fraction of sp³-hybridized carbons (Fsp3) is 0.174. The van der Waals surface area contributed by atoms with Crippen molar-refractivity contribution in [3.63, 3.8) is 0 Å². The molecule has 0 aliphatic heterocycles. The standard InChI is InChI=1S/C23H18N2O6/c1-23(2,17-7-8-21-15(10-17)9-14-5-3-4-6-20(14)21)31-22(26)16-11-18(24(27)28)13-19(12-16)25(29)30/h3-8,10-13H,9H2,1-2H3. The van der Waals surface area contributed by atoms with Crippen molar-refractivity contribution in [3.05, 3.63) is 103 Å². The molecule has 0 unspecified atom stereocenters. The second-order valence-corrected chi connectivity index (χ2v) is 7.86. The zero-order valence-corrected chi connectivity index (χ0v) is 16.8. The lowest BCUT2D eigenvalue weighted by atomic mass is 9.93. The number of nitro groups is 2. The molecule has 8 nitrogen and oxygen atoms in total. The number of carbonyl (C=O) groups excluding carboxylic acids is 1. The molecule has 0 saturated carbocycles. The summed E-state index contributed by atoms with van der Waals surface area (Å²) in [5, 5.41) is 22.2. The lowest BCUT2D eigenvalue weighted by Crippen LogP contribution is -2.26. The highest BCUT2D eigenvalue weighted by molar-refractivity contribution is 5.91. The smallest absolute Gasteiger partial charge is 0.339 e. The Kier molecular flexibility index (Phi) is 4.77. The van der Waals surface area contributed by atoms with Crippen LogP contribution in [0.2, 0.25) is 0 Å². The van der Waals surface area contributed by atoms with Gasteiger partial charge < -0.3 is 4.74 Å². The Labute approximate surface area is 177 Å². The number of non-ortho nitro benzene ring substituents is 2. The van der Waals surface area contributed by atoms with E-state index >= 15 is 0 Å². The highest BCUT2D eigenvalue weighted by Gasteiger charge is 2.30. The molecule has 0 spiro atoms. The number of nitro benzene ring substituents is 2. The fourth-order valence-corrected chi connectivity index (χ4v) is 3.79. The van der Waals surface area contributed by atoms with E-state index in [0.29, 0.717) is 0 Å². The molecule has 1 aliphatic carbocycles.